The van der Waals surface area contributed by atoms with Gasteiger partial charge in [-0.05, 0) is 25.8 Å². The minimum atomic E-state index is 0.488. The highest BCUT2D eigenvalue weighted by atomic mass is 15.1. The molecule has 2 heterocycles. The predicted octanol–water partition coefficient (Wildman–Crippen LogP) is 2.11. The normalized spacial score (nSPS) is 20.6. The van der Waals surface area contributed by atoms with Crippen LogP contribution in [0.25, 0.3) is 0 Å². The van der Waals surface area contributed by atoms with Crippen molar-refractivity contribution in [2.75, 3.05) is 6.54 Å². The fraction of sp³-hybridized carbons (Fsp3) is 0.615. The Hall–Kier alpha value is -1.27. The summed E-state index contributed by atoms with van der Waals surface area (Å²) in [6.45, 7) is 2.11. The van der Waals surface area contributed by atoms with Gasteiger partial charge in [0.15, 0.2) is 0 Å². The maximum absolute atomic E-state index is 5.26. The van der Waals surface area contributed by atoms with Crippen LogP contribution in [0.4, 0.5) is 0 Å². The molecule has 3 nitrogen and oxygen atoms in total. The summed E-state index contributed by atoms with van der Waals surface area (Å²) in [5.41, 5.74) is 1.32. The first-order valence-corrected chi connectivity index (χ1v) is 6.08. The zero-order valence-electron chi connectivity index (χ0n) is 9.65. The van der Waals surface area contributed by atoms with Crippen LogP contribution in [0.1, 0.15) is 43.8 Å². The van der Waals surface area contributed by atoms with Gasteiger partial charge in [0, 0.05) is 25.2 Å². The number of aromatic nitrogens is 2. The number of imidazole rings is 1. The summed E-state index contributed by atoms with van der Waals surface area (Å²) >= 11 is 0. The first-order chi connectivity index (χ1) is 7.92. The summed E-state index contributed by atoms with van der Waals surface area (Å²) in [5.74, 6) is 2.68. The molecule has 1 aromatic rings. The summed E-state index contributed by atoms with van der Waals surface area (Å²) in [7, 11) is 0. The van der Waals surface area contributed by atoms with Gasteiger partial charge in [0.25, 0.3) is 0 Å². The molecule has 1 aliphatic heterocycles. The molecule has 1 aliphatic rings. The molecule has 1 N–H and O–H groups in total. The van der Waals surface area contributed by atoms with Crippen molar-refractivity contribution in [3.63, 3.8) is 0 Å². The van der Waals surface area contributed by atoms with E-state index in [-0.39, 0.29) is 0 Å². The van der Waals surface area contributed by atoms with E-state index in [4.69, 9.17) is 6.42 Å². The maximum Gasteiger partial charge on any atom is 0.0948 e. The largest absolute Gasteiger partial charge is 0.333 e. The first-order valence-electron chi connectivity index (χ1n) is 6.08. The van der Waals surface area contributed by atoms with Crippen LogP contribution in [0, 0.1) is 12.3 Å². The summed E-state index contributed by atoms with van der Waals surface area (Å²) in [6, 6.07) is 0.488. The van der Waals surface area contributed by atoms with E-state index in [1.807, 2.05) is 12.5 Å². The predicted molar refractivity (Wildman–Crippen MR) is 64.9 cm³/mol. The molecule has 16 heavy (non-hydrogen) atoms. The van der Waals surface area contributed by atoms with E-state index >= 15 is 0 Å². The highest BCUT2D eigenvalue weighted by Crippen LogP contribution is 2.22. The summed E-state index contributed by atoms with van der Waals surface area (Å²) < 4.78 is 2.24. The Morgan fingerprint density at radius 2 is 2.50 bits per heavy atom. The van der Waals surface area contributed by atoms with E-state index in [0.717, 1.165) is 25.9 Å². The average Bonchev–Trinajstić information content (AvgIpc) is 2.79. The van der Waals surface area contributed by atoms with E-state index in [1.165, 1.54) is 25.0 Å². The number of hydrogen-bond donors (Lipinski definition) is 1. The second-order valence-corrected chi connectivity index (χ2v) is 4.32. The molecule has 0 spiro atoms. The van der Waals surface area contributed by atoms with Gasteiger partial charge in [-0.2, -0.15) is 0 Å². The van der Waals surface area contributed by atoms with Crippen molar-refractivity contribution in [1.29, 1.82) is 0 Å². The Balaban J connectivity index is 1.97. The molecular weight excluding hydrogens is 198 g/mol. The van der Waals surface area contributed by atoms with Gasteiger partial charge in [-0.15, -0.1) is 12.3 Å². The van der Waals surface area contributed by atoms with Crippen molar-refractivity contribution in [2.45, 2.75) is 44.7 Å². The second-order valence-electron chi connectivity index (χ2n) is 4.32. The molecule has 0 aliphatic carbocycles. The number of nitrogens with one attached hydrogen (secondary N) is 1. The van der Waals surface area contributed by atoms with E-state index in [1.54, 1.807) is 0 Å². The Morgan fingerprint density at radius 3 is 3.25 bits per heavy atom. The third-order valence-corrected chi connectivity index (χ3v) is 3.13. The van der Waals surface area contributed by atoms with Gasteiger partial charge in [-0.1, -0.05) is 6.42 Å². The number of hydrogen-bond acceptors (Lipinski definition) is 2. The Kier molecular flexibility index (Phi) is 4.01. The van der Waals surface area contributed by atoms with Crippen molar-refractivity contribution in [2.24, 2.45) is 0 Å². The molecule has 0 amide bonds. The number of rotatable bonds is 4. The molecule has 2 rings (SSSR count). The first kappa shape index (κ1) is 11.2. The van der Waals surface area contributed by atoms with Crippen LogP contribution in [0.3, 0.4) is 0 Å². The molecular formula is C13H19N3. The molecule has 1 atom stereocenters. The zero-order valence-corrected chi connectivity index (χ0v) is 9.65. The van der Waals surface area contributed by atoms with Gasteiger partial charge in [0.1, 0.15) is 0 Å². The van der Waals surface area contributed by atoms with Gasteiger partial charge < -0.3 is 9.88 Å². The van der Waals surface area contributed by atoms with Crippen molar-refractivity contribution in [3.8, 4) is 12.3 Å². The van der Waals surface area contributed by atoms with Crippen molar-refractivity contribution in [1.82, 2.24) is 14.9 Å². The van der Waals surface area contributed by atoms with E-state index in [9.17, 15) is 0 Å². The summed E-state index contributed by atoms with van der Waals surface area (Å²) in [6.07, 6.45) is 14.9. The van der Waals surface area contributed by atoms with Gasteiger partial charge in [0.2, 0.25) is 0 Å². The average molecular weight is 217 g/mol. The standard InChI is InChI=1S/C13H19N3/c1-2-3-6-9-16-11-14-10-13(16)12-7-4-5-8-15-12/h1,10-12,15H,3-9H2. The van der Waals surface area contributed by atoms with E-state index in [2.05, 4.69) is 20.8 Å². The van der Waals surface area contributed by atoms with Gasteiger partial charge in [-0.3, -0.25) is 0 Å². The number of unbranched alkanes of at least 4 members (excludes halogenated alkanes) is 1. The van der Waals surface area contributed by atoms with Crippen LogP contribution in [0.2, 0.25) is 0 Å². The van der Waals surface area contributed by atoms with Crippen molar-refractivity contribution >= 4 is 0 Å². The van der Waals surface area contributed by atoms with Crippen LogP contribution < -0.4 is 5.32 Å². The van der Waals surface area contributed by atoms with E-state index in [0.29, 0.717) is 6.04 Å². The van der Waals surface area contributed by atoms with Crippen LogP contribution in [0.5, 0.6) is 0 Å². The lowest BCUT2D eigenvalue weighted by Crippen LogP contribution is -2.28. The number of nitrogens with zero attached hydrogens (tertiary/aromatic N) is 2. The Morgan fingerprint density at radius 1 is 1.56 bits per heavy atom. The minimum Gasteiger partial charge on any atom is -0.333 e. The third-order valence-electron chi connectivity index (χ3n) is 3.13. The summed E-state index contributed by atoms with van der Waals surface area (Å²) in [4.78, 5) is 4.25. The van der Waals surface area contributed by atoms with Crippen molar-refractivity contribution < 1.29 is 0 Å². The minimum absolute atomic E-state index is 0.488. The molecule has 3 heteroatoms. The number of terminal acetylenes is 1. The van der Waals surface area contributed by atoms with Crippen LogP contribution in [-0.2, 0) is 6.54 Å². The zero-order chi connectivity index (χ0) is 11.2. The molecule has 1 saturated heterocycles. The highest BCUT2D eigenvalue weighted by Gasteiger charge is 2.17. The number of piperidine rings is 1. The van der Waals surface area contributed by atoms with E-state index < -0.39 is 0 Å². The van der Waals surface area contributed by atoms with Gasteiger partial charge in [-0.25, -0.2) is 4.98 Å². The molecule has 1 fully saturated rings. The number of aryl methyl sites for hydroxylation is 1. The smallest absolute Gasteiger partial charge is 0.0948 e. The lowest BCUT2D eigenvalue weighted by Gasteiger charge is -2.24. The van der Waals surface area contributed by atoms with Crippen molar-refractivity contribution in [3.05, 3.63) is 18.2 Å². The molecule has 0 aromatic carbocycles. The van der Waals surface area contributed by atoms with Gasteiger partial charge in [0.05, 0.1) is 12.0 Å². The summed E-state index contributed by atoms with van der Waals surface area (Å²) in [5, 5.41) is 3.55. The lowest BCUT2D eigenvalue weighted by atomic mass is 10.0. The highest BCUT2D eigenvalue weighted by molar-refractivity contribution is 5.06. The topological polar surface area (TPSA) is 29.9 Å². The molecule has 0 bridgehead atoms. The quantitative estimate of drug-likeness (QED) is 0.618. The lowest BCUT2D eigenvalue weighted by molar-refractivity contribution is 0.392. The molecule has 1 aromatic heterocycles. The SMILES string of the molecule is C#CCCCn1cncc1C1CCCCN1. The van der Waals surface area contributed by atoms with Gasteiger partial charge >= 0.3 is 0 Å². The Bertz CT molecular complexity index is 355. The Labute approximate surface area is 97.3 Å². The second kappa shape index (κ2) is 5.72. The maximum atomic E-state index is 5.26. The van der Waals surface area contributed by atoms with Crippen LogP contribution in [-0.4, -0.2) is 16.1 Å². The molecule has 0 saturated carbocycles. The molecule has 1 unspecified atom stereocenters. The fourth-order valence-corrected chi connectivity index (χ4v) is 2.26. The third kappa shape index (κ3) is 2.65. The van der Waals surface area contributed by atoms with Crippen LogP contribution >= 0.6 is 0 Å². The molecule has 0 radical (unpaired) electrons. The van der Waals surface area contributed by atoms with Crippen LogP contribution in [0.15, 0.2) is 12.5 Å². The fourth-order valence-electron chi connectivity index (χ4n) is 2.26. The monoisotopic (exact) mass is 217 g/mol. The molecule has 86 valence electrons.